The van der Waals surface area contributed by atoms with Crippen LogP contribution in [0.2, 0.25) is 0 Å². The van der Waals surface area contributed by atoms with E-state index in [-0.39, 0.29) is 0 Å². The monoisotopic (exact) mass is 252 g/mol. The second kappa shape index (κ2) is 6.91. The molecular formula is C16H32N2. The molecule has 0 unspecified atom stereocenters. The summed E-state index contributed by atoms with van der Waals surface area (Å²) in [5, 5.41) is 0. The summed E-state index contributed by atoms with van der Waals surface area (Å²) in [4.78, 5) is 2.78. The van der Waals surface area contributed by atoms with Gasteiger partial charge < -0.3 is 5.73 Å². The summed E-state index contributed by atoms with van der Waals surface area (Å²) in [6, 6.07) is 0. The molecule has 0 saturated heterocycles. The van der Waals surface area contributed by atoms with Gasteiger partial charge in [-0.05, 0) is 57.4 Å². The standard InChI is InChI=1S/C16H32N2/c1-2-3-4-5-13-18(14-12-17)16-9-6-15(7-10-16)8-11-16/h15H,2-14,17H2,1H3. The van der Waals surface area contributed by atoms with Gasteiger partial charge in [-0.1, -0.05) is 26.2 Å². The molecule has 0 heterocycles. The van der Waals surface area contributed by atoms with Gasteiger partial charge in [0.15, 0.2) is 0 Å². The lowest BCUT2D eigenvalue weighted by atomic mass is 9.65. The van der Waals surface area contributed by atoms with E-state index in [0.29, 0.717) is 5.54 Å². The molecule has 3 aliphatic carbocycles. The lowest BCUT2D eigenvalue weighted by Crippen LogP contribution is -2.55. The van der Waals surface area contributed by atoms with Crippen molar-refractivity contribution >= 4 is 0 Å². The first-order chi connectivity index (χ1) is 8.80. The minimum atomic E-state index is 0.556. The van der Waals surface area contributed by atoms with Gasteiger partial charge in [-0.3, -0.25) is 4.90 Å². The SMILES string of the molecule is CCCCCCN(CCN)C12CCC(CC1)CC2. The number of rotatable bonds is 8. The van der Waals surface area contributed by atoms with Crippen LogP contribution in [-0.4, -0.2) is 30.1 Å². The number of hydrogen-bond acceptors (Lipinski definition) is 2. The Bertz CT molecular complexity index is 217. The smallest absolute Gasteiger partial charge is 0.0210 e. The number of nitrogens with zero attached hydrogens (tertiary/aromatic N) is 1. The Balaban J connectivity index is 1.87. The van der Waals surface area contributed by atoms with Crippen molar-refractivity contribution < 1.29 is 0 Å². The van der Waals surface area contributed by atoms with Gasteiger partial charge in [0.1, 0.15) is 0 Å². The van der Waals surface area contributed by atoms with Crippen molar-refractivity contribution in [2.75, 3.05) is 19.6 Å². The fourth-order valence-corrected chi connectivity index (χ4v) is 4.17. The van der Waals surface area contributed by atoms with Gasteiger partial charge in [-0.2, -0.15) is 0 Å². The average Bonchev–Trinajstić information content (AvgIpc) is 2.44. The lowest BCUT2D eigenvalue weighted by Gasteiger charge is -2.53. The molecule has 3 fully saturated rings. The van der Waals surface area contributed by atoms with Crippen molar-refractivity contribution in [1.29, 1.82) is 0 Å². The zero-order chi connectivity index (χ0) is 12.8. The molecule has 18 heavy (non-hydrogen) atoms. The third kappa shape index (κ3) is 3.27. The van der Waals surface area contributed by atoms with Crippen LogP contribution in [0.5, 0.6) is 0 Å². The van der Waals surface area contributed by atoms with E-state index in [1.165, 1.54) is 70.8 Å². The third-order valence-electron chi connectivity index (χ3n) is 5.41. The minimum Gasteiger partial charge on any atom is -0.329 e. The summed E-state index contributed by atoms with van der Waals surface area (Å²) in [6.07, 6.45) is 14.3. The summed E-state index contributed by atoms with van der Waals surface area (Å²) >= 11 is 0. The van der Waals surface area contributed by atoms with Crippen LogP contribution in [-0.2, 0) is 0 Å². The van der Waals surface area contributed by atoms with E-state index in [2.05, 4.69) is 11.8 Å². The number of nitrogens with two attached hydrogens (primary N) is 1. The number of unbranched alkanes of at least 4 members (excludes halogenated alkanes) is 3. The molecule has 0 spiro atoms. The highest BCUT2D eigenvalue weighted by Crippen LogP contribution is 2.47. The van der Waals surface area contributed by atoms with Gasteiger partial charge in [0.2, 0.25) is 0 Å². The minimum absolute atomic E-state index is 0.556. The molecule has 0 aromatic rings. The molecular weight excluding hydrogens is 220 g/mol. The number of hydrogen-bond donors (Lipinski definition) is 1. The number of fused-ring (bicyclic) bond motifs is 3. The summed E-state index contributed by atoms with van der Waals surface area (Å²) in [7, 11) is 0. The van der Waals surface area contributed by atoms with Crippen molar-refractivity contribution in [3.63, 3.8) is 0 Å². The molecule has 2 bridgehead atoms. The Kier molecular flexibility index (Phi) is 5.50. The molecule has 0 amide bonds. The molecule has 0 radical (unpaired) electrons. The molecule has 0 atom stereocenters. The first-order valence-electron chi connectivity index (χ1n) is 8.26. The zero-order valence-electron chi connectivity index (χ0n) is 12.3. The van der Waals surface area contributed by atoms with Crippen LogP contribution < -0.4 is 5.73 Å². The molecule has 3 aliphatic rings. The Labute approximate surface area is 113 Å². The molecule has 3 saturated carbocycles. The van der Waals surface area contributed by atoms with Crippen molar-refractivity contribution in [2.45, 2.75) is 76.7 Å². The normalized spacial score (nSPS) is 31.2. The summed E-state index contributed by atoms with van der Waals surface area (Å²) in [5.74, 6) is 1.06. The van der Waals surface area contributed by atoms with Crippen molar-refractivity contribution in [1.82, 2.24) is 4.90 Å². The Morgan fingerprint density at radius 2 is 1.67 bits per heavy atom. The van der Waals surface area contributed by atoms with Gasteiger partial charge in [0, 0.05) is 18.6 Å². The van der Waals surface area contributed by atoms with Gasteiger partial charge >= 0.3 is 0 Å². The van der Waals surface area contributed by atoms with Crippen LogP contribution in [0.3, 0.4) is 0 Å². The zero-order valence-corrected chi connectivity index (χ0v) is 12.3. The molecule has 2 heteroatoms. The molecule has 0 aromatic carbocycles. The maximum atomic E-state index is 5.85. The maximum absolute atomic E-state index is 5.85. The predicted octanol–water partition coefficient (Wildman–Crippen LogP) is 3.55. The first-order valence-corrected chi connectivity index (χ1v) is 8.26. The van der Waals surface area contributed by atoms with Gasteiger partial charge in [-0.25, -0.2) is 0 Å². The fraction of sp³-hybridized carbons (Fsp3) is 1.00. The predicted molar refractivity (Wildman–Crippen MR) is 78.7 cm³/mol. The van der Waals surface area contributed by atoms with E-state index in [9.17, 15) is 0 Å². The second-order valence-corrected chi connectivity index (χ2v) is 6.54. The van der Waals surface area contributed by atoms with E-state index < -0.39 is 0 Å². The largest absolute Gasteiger partial charge is 0.329 e. The van der Waals surface area contributed by atoms with Gasteiger partial charge in [0.05, 0.1) is 0 Å². The Morgan fingerprint density at radius 3 is 2.22 bits per heavy atom. The summed E-state index contributed by atoms with van der Waals surface area (Å²) in [5.41, 5.74) is 6.41. The van der Waals surface area contributed by atoms with Crippen molar-refractivity contribution in [3.8, 4) is 0 Å². The first kappa shape index (κ1) is 14.3. The lowest BCUT2D eigenvalue weighted by molar-refractivity contribution is -0.0107. The third-order valence-corrected chi connectivity index (χ3v) is 5.41. The Hall–Kier alpha value is -0.0800. The van der Waals surface area contributed by atoms with Crippen LogP contribution in [0.4, 0.5) is 0 Å². The molecule has 0 aliphatic heterocycles. The van der Waals surface area contributed by atoms with Crippen LogP contribution in [0, 0.1) is 5.92 Å². The van der Waals surface area contributed by atoms with E-state index in [4.69, 9.17) is 5.73 Å². The molecule has 2 N–H and O–H groups in total. The quantitative estimate of drug-likeness (QED) is 0.669. The average molecular weight is 252 g/mol. The van der Waals surface area contributed by atoms with Gasteiger partial charge in [-0.15, -0.1) is 0 Å². The van der Waals surface area contributed by atoms with E-state index in [0.717, 1.165) is 19.0 Å². The summed E-state index contributed by atoms with van der Waals surface area (Å²) in [6.45, 7) is 5.54. The topological polar surface area (TPSA) is 29.3 Å². The van der Waals surface area contributed by atoms with E-state index in [1.54, 1.807) is 0 Å². The summed E-state index contributed by atoms with van der Waals surface area (Å²) < 4.78 is 0. The fourth-order valence-electron chi connectivity index (χ4n) is 4.17. The molecule has 0 aromatic heterocycles. The van der Waals surface area contributed by atoms with Crippen LogP contribution >= 0.6 is 0 Å². The molecule has 2 nitrogen and oxygen atoms in total. The Morgan fingerprint density at radius 1 is 1.00 bits per heavy atom. The highest BCUT2D eigenvalue weighted by molar-refractivity contribution is 4.99. The van der Waals surface area contributed by atoms with Crippen LogP contribution in [0.25, 0.3) is 0 Å². The van der Waals surface area contributed by atoms with Gasteiger partial charge in [0.25, 0.3) is 0 Å². The van der Waals surface area contributed by atoms with E-state index in [1.807, 2.05) is 0 Å². The van der Waals surface area contributed by atoms with E-state index >= 15 is 0 Å². The van der Waals surface area contributed by atoms with Crippen LogP contribution in [0.1, 0.15) is 71.1 Å². The van der Waals surface area contributed by atoms with Crippen LogP contribution in [0.15, 0.2) is 0 Å². The maximum Gasteiger partial charge on any atom is 0.0210 e. The van der Waals surface area contributed by atoms with Crippen molar-refractivity contribution in [3.05, 3.63) is 0 Å². The molecule has 3 rings (SSSR count). The highest BCUT2D eigenvalue weighted by atomic mass is 15.2. The van der Waals surface area contributed by atoms with Crippen molar-refractivity contribution in [2.24, 2.45) is 11.7 Å². The second-order valence-electron chi connectivity index (χ2n) is 6.54. The molecule has 106 valence electrons. The highest BCUT2D eigenvalue weighted by Gasteiger charge is 2.43.